The van der Waals surface area contributed by atoms with E-state index in [1.807, 2.05) is 55.5 Å². The summed E-state index contributed by atoms with van der Waals surface area (Å²) < 4.78 is 0. The molecule has 3 aromatic rings. The third-order valence-corrected chi connectivity index (χ3v) is 3.53. The first-order chi connectivity index (χ1) is 9.66. The summed E-state index contributed by atoms with van der Waals surface area (Å²) in [6.45, 7) is 1.98. The van der Waals surface area contributed by atoms with Crippen molar-refractivity contribution >= 4 is 27.7 Å². The summed E-state index contributed by atoms with van der Waals surface area (Å²) in [5, 5.41) is 0.338. The Labute approximate surface area is 122 Å². The maximum Gasteiger partial charge on any atom is 0.253 e. The number of benzene rings is 2. The van der Waals surface area contributed by atoms with Gasteiger partial charge in [0.2, 0.25) is 0 Å². The van der Waals surface area contributed by atoms with Gasteiger partial charge in [0.15, 0.2) is 0 Å². The number of carbonyl (C=O) groups is 1. The molecule has 0 aliphatic rings. The van der Waals surface area contributed by atoms with Crippen LogP contribution in [0, 0.1) is 6.92 Å². The van der Waals surface area contributed by atoms with E-state index in [0.717, 1.165) is 27.7 Å². The highest BCUT2D eigenvalue weighted by Gasteiger charge is 2.13. The quantitative estimate of drug-likeness (QED) is 0.643. The molecule has 0 unspecified atom stereocenters. The summed E-state index contributed by atoms with van der Waals surface area (Å²) in [7, 11) is 0. The third-order valence-electron chi connectivity index (χ3n) is 3.32. The molecule has 0 bridgehead atoms. The average molecular weight is 282 g/mol. The molecule has 0 saturated carbocycles. The highest BCUT2D eigenvalue weighted by Crippen LogP contribution is 2.27. The van der Waals surface area contributed by atoms with Crippen LogP contribution in [0.4, 0.5) is 0 Å². The van der Waals surface area contributed by atoms with Gasteiger partial charge in [0, 0.05) is 16.5 Å². The van der Waals surface area contributed by atoms with Crippen molar-refractivity contribution in [3.8, 4) is 11.3 Å². The molecule has 20 heavy (non-hydrogen) atoms. The van der Waals surface area contributed by atoms with E-state index in [2.05, 4.69) is 4.98 Å². The molecule has 1 aromatic heterocycles. The lowest BCUT2D eigenvalue weighted by atomic mass is 10.0. The Hall–Kier alpha value is -2.19. The SMILES string of the molecule is Cc1cccc2c(C(=O)Cl)cc(-c3ccccc3)nc12. The summed E-state index contributed by atoms with van der Waals surface area (Å²) in [6, 6.07) is 17.3. The molecule has 98 valence electrons. The van der Waals surface area contributed by atoms with Gasteiger partial charge in [-0.2, -0.15) is 0 Å². The first-order valence-electron chi connectivity index (χ1n) is 6.32. The van der Waals surface area contributed by atoms with E-state index in [-0.39, 0.29) is 0 Å². The molecule has 0 amide bonds. The Morgan fingerprint density at radius 1 is 1.05 bits per heavy atom. The molecule has 0 spiro atoms. The molecule has 0 radical (unpaired) electrons. The molecule has 0 N–H and O–H groups in total. The molecule has 2 nitrogen and oxygen atoms in total. The van der Waals surface area contributed by atoms with Crippen LogP contribution in [0.1, 0.15) is 15.9 Å². The maximum absolute atomic E-state index is 11.7. The minimum Gasteiger partial charge on any atom is -0.276 e. The number of nitrogens with zero attached hydrogens (tertiary/aromatic N) is 1. The van der Waals surface area contributed by atoms with Crippen LogP contribution >= 0.6 is 11.6 Å². The second-order valence-corrected chi connectivity index (χ2v) is 5.01. The normalized spacial score (nSPS) is 10.7. The van der Waals surface area contributed by atoms with Gasteiger partial charge in [0.05, 0.1) is 11.2 Å². The van der Waals surface area contributed by atoms with Crippen molar-refractivity contribution in [2.45, 2.75) is 6.92 Å². The van der Waals surface area contributed by atoms with Crippen molar-refractivity contribution in [3.63, 3.8) is 0 Å². The van der Waals surface area contributed by atoms with E-state index >= 15 is 0 Å². The van der Waals surface area contributed by atoms with Crippen molar-refractivity contribution in [1.82, 2.24) is 4.98 Å². The Morgan fingerprint density at radius 2 is 1.80 bits per heavy atom. The second-order valence-electron chi connectivity index (χ2n) is 4.67. The number of aryl methyl sites for hydroxylation is 1. The van der Waals surface area contributed by atoms with E-state index in [1.54, 1.807) is 6.07 Å². The smallest absolute Gasteiger partial charge is 0.253 e. The van der Waals surface area contributed by atoms with Gasteiger partial charge in [-0.05, 0) is 30.2 Å². The number of hydrogen-bond acceptors (Lipinski definition) is 2. The molecule has 0 atom stereocenters. The molecule has 3 rings (SSSR count). The zero-order valence-electron chi connectivity index (χ0n) is 10.9. The van der Waals surface area contributed by atoms with Crippen LogP contribution in [-0.4, -0.2) is 10.2 Å². The van der Waals surface area contributed by atoms with Crippen LogP contribution in [-0.2, 0) is 0 Å². The fourth-order valence-corrected chi connectivity index (χ4v) is 2.47. The lowest BCUT2D eigenvalue weighted by Crippen LogP contribution is -1.97. The van der Waals surface area contributed by atoms with Crippen LogP contribution in [0.2, 0.25) is 0 Å². The highest BCUT2D eigenvalue weighted by molar-refractivity contribution is 6.68. The molecular weight excluding hydrogens is 270 g/mol. The number of halogens is 1. The highest BCUT2D eigenvalue weighted by atomic mass is 35.5. The van der Waals surface area contributed by atoms with Crippen LogP contribution in [0.25, 0.3) is 22.2 Å². The molecule has 0 aliphatic heterocycles. The van der Waals surface area contributed by atoms with Gasteiger partial charge in [-0.15, -0.1) is 0 Å². The Morgan fingerprint density at radius 3 is 2.50 bits per heavy atom. The lowest BCUT2D eigenvalue weighted by Gasteiger charge is -2.09. The number of fused-ring (bicyclic) bond motifs is 1. The second kappa shape index (κ2) is 5.06. The van der Waals surface area contributed by atoms with Crippen molar-refractivity contribution in [2.75, 3.05) is 0 Å². The summed E-state index contributed by atoms with van der Waals surface area (Å²) in [4.78, 5) is 16.4. The van der Waals surface area contributed by atoms with Crippen LogP contribution in [0.15, 0.2) is 54.6 Å². The average Bonchev–Trinajstić information content (AvgIpc) is 2.47. The fraction of sp³-hybridized carbons (Fsp3) is 0.0588. The molecule has 2 aromatic carbocycles. The monoisotopic (exact) mass is 281 g/mol. The molecule has 3 heteroatoms. The predicted octanol–water partition coefficient (Wildman–Crippen LogP) is 4.59. The molecule has 0 aliphatic carbocycles. The van der Waals surface area contributed by atoms with E-state index in [1.165, 1.54) is 0 Å². The number of aromatic nitrogens is 1. The lowest BCUT2D eigenvalue weighted by molar-refractivity contribution is 0.108. The van der Waals surface area contributed by atoms with Gasteiger partial charge < -0.3 is 0 Å². The number of para-hydroxylation sites is 1. The number of hydrogen-bond donors (Lipinski definition) is 0. The Kier molecular flexibility index (Phi) is 3.25. The molecule has 1 heterocycles. The molecular formula is C17H12ClNO. The van der Waals surface area contributed by atoms with Gasteiger partial charge >= 0.3 is 0 Å². The van der Waals surface area contributed by atoms with Crippen molar-refractivity contribution < 1.29 is 4.79 Å². The van der Waals surface area contributed by atoms with Gasteiger partial charge in [-0.1, -0.05) is 48.5 Å². The molecule has 0 fully saturated rings. The molecule has 0 saturated heterocycles. The number of rotatable bonds is 2. The summed E-state index contributed by atoms with van der Waals surface area (Å²) in [5.74, 6) is 0. The summed E-state index contributed by atoms with van der Waals surface area (Å²) in [5.41, 5.74) is 4.07. The van der Waals surface area contributed by atoms with Crippen LogP contribution < -0.4 is 0 Å². The number of carbonyl (C=O) groups excluding carboxylic acids is 1. The zero-order valence-corrected chi connectivity index (χ0v) is 11.7. The van der Waals surface area contributed by atoms with Crippen molar-refractivity contribution in [3.05, 3.63) is 65.7 Å². The topological polar surface area (TPSA) is 30.0 Å². The number of pyridine rings is 1. The third kappa shape index (κ3) is 2.19. The Bertz CT molecular complexity index is 797. The zero-order chi connectivity index (χ0) is 14.1. The Balaban J connectivity index is 2.36. The van der Waals surface area contributed by atoms with E-state index < -0.39 is 5.24 Å². The predicted molar refractivity (Wildman–Crippen MR) is 82.1 cm³/mol. The van der Waals surface area contributed by atoms with Crippen molar-refractivity contribution in [2.24, 2.45) is 0 Å². The first-order valence-corrected chi connectivity index (χ1v) is 6.70. The van der Waals surface area contributed by atoms with Crippen molar-refractivity contribution in [1.29, 1.82) is 0 Å². The minimum atomic E-state index is -0.458. The maximum atomic E-state index is 11.7. The van der Waals surface area contributed by atoms with Crippen LogP contribution in [0.3, 0.4) is 0 Å². The van der Waals surface area contributed by atoms with Crippen LogP contribution in [0.5, 0.6) is 0 Å². The van der Waals surface area contributed by atoms with Gasteiger partial charge in [0.1, 0.15) is 0 Å². The summed E-state index contributed by atoms with van der Waals surface area (Å²) in [6.07, 6.45) is 0. The summed E-state index contributed by atoms with van der Waals surface area (Å²) >= 11 is 5.73. The van der Waals surface area contributed by atoms with E-state index in [0.29, 0.717) is 5.56 Å². The minimum absolute atomic E-state index is 0.458. The van der Waals surface area contributed by atoms with E-state index in [9.17, 15) is 4.79 Å². The van der Waals surface area contributed by atoms with Gasteiger partial charge in [-0.3, -0.25) is 4.79 Å². The van der Waals surface area contributed by atoms with Gasteiger partial charge in [-0.25, -0.2) is 4.98 Å². The standard InChI is InChI=1S/C17H12ClNO/c1-11-6-5-9-13-14(17(18)20)10-15(19-16(11)13)12-7-3-2-4-8-12/h2-10H,1H3. The van der Waals surface area contributed by atoms with E-state index in [4.69, 9.17) is 11.6 Å². The first kappa shape index (κ1) is 12.8. The largest absolute Gasteiger partial charge is 0.276 e. The van der Waals surface area contributed by atoms with Gasteiger partial charge in [0.25, 0.3) is 5.24 Å². The fourth-order valence-electron chi connectivity index (χ4n) is 2.31.